The number of halogens is 1. The van der Waals surface area contributed by atoms with E-state index in [0.29, 0.717) is 31.7 Å². The Morgan fingerprint density at radius 1 is 1.02 bits per heavy atom. The van der Waals surface area contributed by atoms with Gasteiger partial charge in [-0.3, -0.25) is 19.2 Å². The van der Waals surface area contributed by atoms with Gasteiger partial charge in [0.25, 0.3) is 15.7 Å². The summed E-state index contributed by atoms with van der Waals surface area (Å²) in [5.74, 6) is -0.227. The van der Waals surface area contributed by atoms with Crippen molar-refractivity contribution in [3.63, 3.8) is 0 Å². The third kappa shape index (κ3) is 5.85. The van der Waals surface area contributed by atoms with Crippen LogP contribution < -0.4 is 13.9 Å². The molecule has 1 saturated heterocycles. The van der Waals surface area contributed by atoms with Crippen LogP contribution in [0, 0.1) is 30.9 Å². The highest BCUT2D eigenvalue weighted by molar-refractivity contribution is 7.92. The lowest BCUT2D eigenvalue weighted by molar-refractivity contribution is -0.385. The molecule has 12 heteroatoms. The van der Waals surface area contributed by atoms with Gasteiger partial charge in [0.05, 0.1) is 22.6 Å². The van der Waals surface area contributed by atoms with Crippen LogP contribution in [-0.2, 0) is 14.8 Å². The zero-order valence-electron chi connectivity index (χ0n) is 22.8. The van der Waals surface area contributed by atoms with Crippen LogP contribution in [-0.4, -0.2) is 64.0 Å². The van der Waals surface area contributed by atoms with Crippen molar-refractivity contribution in [2.24, 2.45) is 0 Å². The van der Waals surface area contributed by atoms with Gasteiger partial charge in [0.1, 0.15) is 12.3 Å². The van der Waals surface area contributed by atoms with Crippen molar-refractivity contribution in [1.82, 2.24) is 4.90 Å². The van der Waals surface area contributed by atoms with Gasteiger partial charge in [-0.15, -0.1) is 0 Å². The molecule has 0 aliphatic carbocycles. The number of ether oxygens (including phenoxy) is 1. The Bertz CT molecular complexity index is 1550. The van der Waals surface area contributed by atoms with Crippen molar-refractivity contribution in [1.29, 1.82) is 0 Å². The van der Waals surface area contributed by atoms with Gasteiger partial charge < -0.3 is 14.5 Å². The third-order valence-electron chi connectivity index (χ3n) is 7.20. The molecule has 212 valence electrons. The molecule has 0 bridgehead atoms. The fourth-order valence-electron chi connectivity index (χ4n) is 4.73. The van der Waals surface area contributed by atoms with E-state index >= 15 is 0 Å². The summed E-state index contributed by atoms with van der Waals surface area (Å²) in [6, 6.07) is 14.2. The van der Waals surface area contributed by atoms with Crippen LogP contribution in [0.25, 0.3) is 0 Å². The summed E-state index contributed by atoms with van der Waals surface area (Å²) >= 11 is 6.22. The molecule has 0 unspecified atom stereocenters. The molecule has 3 aromatic rings. The number of hydrogen-bond donors (Lipinski definition) is 0. The molecule has 0 radical (unpaired) electrons. The number of amides is 1. The van der Waals surface area contributed by atoms with Crippen molar-refractivity contribution in [2.75, 3.05) is 49.0 Å². The minimum Gasteiger partial charge on any atom is -0.495 e. The number of nitro benzene ring substituents is 1. The molecule has 0 atom stereocenters. The van der Waals surface area contributed by atoms with Gasteiger partial charge in [0.15, 0.2) is 0 Å². The summed E-state index contributed by atoms with van der Waals surface area (Å²) in [4.78, 5) is 28.0. The molecular formula is C28H31ClN4O6S. The number of benzene rings is 3. The number of anilines is 2. The SMILES string of the molecule is COc1ccc(Cl)cc1N(CC(=O)N1CCN(c2cccc(C)c2C)CC1)S(=O)(=O)c1ccc(C)c([N+](=O)[O-])c1. The number of hydrogen-bond acceptors (Lipinski definition) is 7. The lowest BCUT2D eigenvalue weighted by Gasteiger charge is -2.38. The summed E-state index contributed by atoms with van der Waals surface area (Å²) in [5.41, 5.74) is 3.51. The Labute approximate surface area is 238 Å². The Kier molecular flexibility index (Phi) is 8.55. The maximum Gasteiger partial charge on any atom is 0.273 e. The van der Waals surface area contributed by atoms with Gasteiger partial charge in [-0.25, -0.2) is 8.42 Å². The van der Waals surface area contributed by atoms with Crippen molar-refractivity contribution in [2.45, 2.75) is 25.7 Å². The van der Waals surface area contributed by atoms with Gasteiger partial charge in [-0.2, -0.15) is 0 Å². The summed E-state index contributed by atoms with van der Waals surface area (Å²) in [7, 11) is -3.06. The first-order chi connectivity index (χ1) is 18.9. The summed E-state index contributed by atoms with van der Waals surface area (Å²) < 4.78 is 34.2. The summed E-state index contributed by atoms with van der Waals surface area (Å²) in [6.07, 6.45) is 0. The average Bonchev–Trinajstić information content (AvgIpc) is 2.93. The Hall–Kier alpha value is -3.83. The second-order valence-corrected chi connectivity index (χ2v) is 11.9. The molecule has 1 fully saturated rings. The molecular weight excluding hydrogens is 556 g/mol. The van der Waals surface area contributed by atoms with E-state index in [1.807, 2.05) is 6.07 Å². The lowest BCUT2D eigenvalue weighted by Crippen LogP contribution is -2.52. The molecule has 0 N–H and O–H groups in total. The van der Waals surface area contributed by atoms with Crippen LogP contribution in [0.5, 0.6) is 5.75 Å². The zero-order valence-corrected chi connectivity index (χ0v) is 24.3. The first-order valence-corrected chi connectivity index (χ1v) is 14.5. The van der Waals surface area contributed by atoms with Crippen molar-refractivity contribution >= 4 is 44.6 Å². The first kappa shape index (κ1) is 29.2. The molecule has 1 amide bonds. The molecule has 1 heterocycles. The van der Waals surface area contributed by atoms with Crippen molar-refractivity contribution in [3.05, 3.63) is 86.4 Å². The number of nitrogens with zero attached hydrogens (tertiary/aromatic N) is 4. The molecule has 4 rings (SSSR count). The minimum atomic E-state index is -4.44. The van der Waals surface area contributed by atoms with Gasteiger partial charge in [0.2, 0.25) is 5.91 Å². The first-order valence-electron chi connectivity index (χ1n) is 12.6. The number of sulfonamides is 1. The maximum absolute atomic E-state index is 13.9. The second kappa shape index (κ2) is 11.7. The number of rotatable bonds is 8. The normalized spacial score (nSPS) is 13.7. The molecule has 10 nitrogen and oxygen atoms in total. The Morgan fingerprint density at radius 2 is 1.73 bits per heavy atom. The van der Waals surface area contributed by atoms with E-state index in [-0.39, 0.29) is 27.0 Å². The maximum atomic E-state index is 13.9. The quantitative estimate of drug-likeness (QED) is 0.277. The third-order valence-corrected chi connectivity index (χ3v) is 9.19. The topological polar surface area (TPSA) is 113 Å². The van der Waals surface area contributed by atoms with E-state index in [1.165, 1.54) is 49.4 Å². The number of carbonyl (C=O) groups excluding carboxylic acids is 1. The predicted octanol–water partition coefficient (Wildman–Crippen LogP) is 4.73. The van der Waals surface area contributed by atoms with E-state index in [2.05, 4.69) is 30.9 Å². The lowest BCUT2D eigenvalue weighted by atomic mass is 10.1. The molecule has 1 aliphatic heterocycles. The summed E-state index contributed by atoms with van der Waals surface area (Å²) in [6.45, 7) is 7.10. The van der Waals surface area contributed by atoms with E-state index in [1.54, 1.807) is 11.0 Å². The smallest absolute Gasteiger partial charge is 0.273 e. The molecule has 0 saturated carbocycles. The van der Waals surface area contributed by atoms with Gasteiger partial charge in [-0.05, 0) is 62.2 Å². The van der Waals surface area contributed by atoms with Crippen molar-refractivity contribution in [3.8, 4) is 5.75 Å². The molecule has 0 spiro atoms. The monoisotopic (exact) mass is 586 g/mol. The van der Waals surface area contributed by atoms with Gasteiger partial charge in [0, 0.05) is 48.5 Å². The highest BCUT2D eigenvalue weighted by Gasteiger charge is 2.33. The Morgan fingerprint density at radius 3 is 2.38 bits per heavy atom. The fraction of sp³-hybridized carbons (Fsp3) is 0.321. The number of methoxy groups -OCH3 is 1. The number of piperazine rings is 1. The highest BCUT2D eigenvalue weighted by atomic mass is 35.5. The van der Waals surface area contributed by atoms with Crippen LogP contribution in [0.2, 0.25) is 5.02 Å². The number of carbonyl (C=O) groups is 1. The van der Waals surface area contributed by atoms with Crippen LogP contribution in [0.15, 0.2) is 59.5 Å². The fourth-order valence-corrected chi connectivity index (χ4v) is 6.33. The second-order valence-electron chi connectivity index (χ2n) is 9.62. The minimum absolute atomic E-state index is 0.0561. The van der Waals surface area contributed by atoms with E-state index in [4.69, 9.17) is 16.3 Å². The summed E-state index contributed by atoms with van der Waals surface area (Å²) in [5, 5.41) is 11.8. The van der Waals surface area contributed by atoms with Crippen LogP contribution in [0.1, 0.15) is 16.7 Å². The molecule has 3 aromatic carbocycles. The molecule has 1 aliphatic rings. The van der Waals surface area contributed by atoms with Crippen molar-refractivity contribution < 1.29 is 22.9 Å². The molecule has 0 aromatic heterocycles. The van der Waals surface area contributed by atoms with Gasteiger partial charge in [-0.1, -0.05) is 29.8 Å². The average molecular weight is 587 g/mol. The van der Waals surface area contributed by atoms with Crippen LogP contribution >= 0.6 is 11.6 Å². The Balaban J connectivity index is 1.65. The largest absolute Gasteiger partial charge is 0.495 e. The zero-order chi connectivity index (χ0) is 29.2. The number of aryl methyl sites for hydroxylation is 2. The van der Waals surface area contributed by atoms with E-state index < -0.39 is 27.4 Å². The van der Waals surface area contributed by atoms with Crippen LogP contribution in [0.3, 0.4) is 0 Å². The van der Waals surface area contributed by atoms with Crippen LogP contribution in [0.4, 0.5) is 17.1 Å². The van der Waals surface area contributed by atoms with Gasteiger partial charge >= 0.3 is 0 Å². The molecule has 40 heavy (non-hydrogen) atoms. The standard InChI is InChI=1S/C28H31ClN4O6S/c1-19-6-5-7-24(21(19)3)30-12-14-31(15-13-30)28(34)18-32(26-16-22(29)9-11-27(26)39-4)40(37,38)23-10-8-20(2)25(17-23)33(35)36/h5-11,16-17H,12-15,18H2,1-4H3. The van der Waals surface area contributed by atoms with E-state index in [0.717, 1.165) is 16.1 Å². The number of nitro groups is 1. The van der Waals surface area contributed by atoms with E-state index in [9.17, 15) is 23.3 Å². The highest BCUT2D eigenvalue weighted by Crippen LogP contribution is 2.36. The predicted molar refractivity (Wildman–Crippen MR) is 155 cm³/mol.